The number of fused-ring (bicyclic) bond motifs is 1. The third-order valence-electron chi connectivity index (χ3n) is 4.49. The normalized spacial score (nSPS) is 12.3. The van der Waals surface area contributed by atoms with Crippen LogP contribution in [0.15, 0.2) is 33.9 Å². The SMILES string of the molecule is CNc1nc2c(c(=O)n(C)c(=O)n2C)n1CC(O)COc1ccccc1C. The summed E-state index contributed by atoms with van der Waals surface area (Å²) in [4.78, 5) is 29.0. The molecule has 2 N–H and O–H groups in total. The standard InChI is InChI=1S/C18H23N5O4/c1-11-7-5-6-8-13(11)27-10-12(24)9-23-14-15(20-17(23)19-2)21(3)18(26)22(4)16(14)25/h5-8,12,24H,9-10H2,1-4H3,(H,19,20). The van der Waals surface area contributed by atoms with Gasteiger partial charge in [0.1, 0.15) is 18.5 Å². The van der Waals surface area contributed by atoms with E-state index in [1.165, 1.54) is 11.6 Å². The Balaban J connectivity index is 1.93. The number of nitrogens with zero attached hydrogens (tertiary/aromatic N) is 4. The lowest BCUT2D eigenvalue weighted by molar-refractivity contribution is 0.0935. The molecule has 1 aromatic carbocycles. The average Bonchev–Trinajstić information content (AvgIpc) is 3.02. The zero-order valence-corrected chi connectivity index (χ0v) is 15.8. The summed E-state index contributed by atoms with van der Waals surface area (Å²) < 4.78 is 9.59. The monoisotopic (exact) mass is 373 g/mol. The maximum atomic E-state index is 12.6. The summed E-state index contributed by atoms with van der Waals surface area (Å²) in [5.41, 5.74) is 0.563. The number of ether oxygens (including phenoxy) is 1. The minimum absolute atomic E-state index is 0.0553. The molecule has 2 aromatic heterocycles. The molecule has 0 amide bonds. The highest BCUT2D eigenvalue weighted by molar-refractivity contribution is 5.74. The van der Waals surface area contributed by atoms with Crippen molar-refractivity contribution in [1.82, 2.24) is 18.7 Å². The van der Waals surface area contributed by atoms with Crippen LogP contribution in [-0.2, 0) is 20.6 Å². The smallest absolute Gasteiger partial charge is 0.332 e. The molecule has 0 radical (unpaired) electrons. The minimum atomic E-state index is -0.879. The molecule has 0 aliphatic carbocycles. The topological polar surface area (TPSA) is 103 Å². The molecule has 0 fully saturated rings. The van der Waals surface area contributed by atoms with Crippen LogP contribution in [0.1, 0.15) is 5.56 Å². The van der Waals surface area contributed by atoms with Crippen molar-refractivity contribution in [2.24, 2.45) is 14.1 Å². The number of aliphatic hydroxyl groups excluding tert-OH is 1. The van der Waals surface area contributed by atoms with E-state index in [4.69, 9.17) is 4.74 Å². The van der Waals surface area contributed by atoms with E-state index < -0.39 is 17.4 Å². The van der Waals surface area contributed by atoms with Crippen molar-refractivity contribution in [2.45, 2.75) is 19.6 Å². The molecule has 0 bridgehead atoms. The van der Waals surface area contributed by atoms with Crippen LogP contribution in [0.4, 0.5) is 5.95 Å². The van der Waals surface area contributed by atoms with E-state index in [1.54, 1.807) is 18.7 Å². The predicted octanol–water partition coefficient (Wildman–Crippen LogP) is 0.224. The van der Waals surface area contributed by atoms with Crippen molar-refractivity contribution in [3.63, 3.8) is 0 Å². The summed E-state index contributed by atoms with van der Waals surface area (Å²) in [5, 5.41) is 13.4. The number of para-hydroxylation sites is 1. The fourth-order valence-electron chi connectivity index (χ4n) is 2.98. The third kappa shape index (κ3) is 3.33. The van der Waals surface area contributed by atoms with Crippen LogP contribution in [0.5, 0.6) is 5.75 Å². The molecule has 0 spiro atoms. The van der Waals surface area contributed by atoms with E-state index in [2.05, 4.69) is 10.3 Å². The molecule has 1 atom stereocenters. The van der Waals surface area contributed by atoms with Crippen molar-refractivity contribution in [3.8, 4) is 5.75 Å². The number of nitrogens with one attached hydrogen (secondary N) is 1. The lowest BCUT2D eigenvalue weighted by Crippen LogP contribution is -2.38. The second-order valence-electron chi connectivity index (χ2n) is 6.40. The van der Waals surface area contributed by atoms with Gasteiger partial charge in [-0.25, -0.2) is 4.79 Å². The van der Waals surface area contributed by atoms with Crippen molar-refractivity contribution < 1.29 is 9.84 Å². The van der Waals surface area contributed by atoms with Gasteiger partial charge in [-0.3, -0.25) is 13.9 Å². The van der Waals surface area contributed by atoms with Crippen LogP contribution in [0, 0.1) is 6.92 Å². The zero-order valence-electron chi connectivity index (χ0n) is 15.8. The third-order valence-corrected chi connectivity index (χ3v) is 4.49. The van der Waals surface area contributed by atoms with E-state index >= 15 is 0 Å². The van der Waals surface area contributed by atoms with Crippen LogP contribution in [0.25, 0.3) is 11.2 Å². The van der Waals surface area contributed by atoms with E-state index in [9.17, 15) is 14.7 Å². The van der Waals surface area contributed by atoms with E-state index in [0.717, 1.165) is 10.1 Å². The predicted molar refractivity (Wildman–Crippen MR) is 102 cm³/mol. The quantitative estimate of drug-likeness (QED) is 0.641. The first-order valence-corrected chi connectivity index (χ1v) is 8.55. The lowest BCUT2D eigenvalue weighted by atomic mass is 10.2. The van der Waals surface area contributed by atoms with Gasteiger partial charge in [0.2, 0.25) is 5.95 Å². The van der Waals surface area contributed by atoms with Crippen molar-refractivity contribution in [2.75, 3.05) is 19.0 Å². The van der Waals surface area contributed by atoms with Gasteiger partial charge in [0.15, 0.2) is 11.2 Å². The number of hydrogen-bond donors (Lipinski definition) is 2. The number of aromatic nitrogens is 4. The summed E-state index contributed by atoms with van der Waals surface area (Å²) in [6, 6.07) is 7.53. The van der Waals surface area contributed by atoms with Gasteiger partial charge in [-0.2, -0.15) is 4.98 Å². The molecular weight excluding hydrogens is 350 g/mol. The lowest BCUT2D eigenvalue weighted by Gasteiger charge is -2.16. The van der Waals surface area contributed by atoms with Crippen molar-refractivity contribution in [1.29, 1.82) is 0 Å². The largest absolute Gasteiger partial charge is 0.491 e. The van der Waals surface area contributed by atoms with Gasteiger partial charge in [-0.1, -0.05) is 18.2 Å². The number of hydrogen-bond acceptors (Lipinski definition) is 6. The van der Waals surface area contributed by atoms with Crippen molar-refractivity contribution >= 4 is 17.1 Å². The molecular formula is C18H23N5O4. The Hall–Kier alpha value is -3.07. The molecule has 0 aliphatic rings. The number of imidazole rings is 1. The van der Waals surface area contributed by atoms with E-state index in [0.29, 0.717) is 11.7 Å². The van der Waals surface area contributed by atoms with Gasteiger partial charge < -0.3 is 19.7 Å². The van der Waals surface area contributed by atoms with Crippen LogP contribution in [0.2, 0.25) is 0 Å². The fourth-order valence-corrected chi connectivity index (χ4v) is 2.98. The number of anilines is 1. The summed E-state index contributed by atoms with van der Waals surface area (Å²) in [7, 11) is 4.63. The van der Waals surface area contributed by atoms with Crippen LogP contribution >= 0.6 is 0 Å². The maximum absolute atomic E-state index is 12.6. The maximum Gasteiger partial charge on any atom is 0.332 e. The number of benzene rings is 1. The summed E-state index contributed by atoms with van der Waals surface area (Å²) in [6.45, 7) is 2.07. The molecule has 0 saturated carbocycles. The molecule has 2 heterocycles. The molecule has 9 nitrogen and oxygen atoms in total. The molecule has 3 aromatic rings. The number of aliphatic hydroxyl groups is 1. The summed E-state index contributed by atoms with van der Waals surface area (Å²) in [5.74, 6) is 1.08. The van der Waals surface area contributed by atoms with Crippen molar-refractivity contribution in [3.05, 3.63) is 50.7 Å². The average molecular weight is 373 g/mol. The molecule has 1 unspecified atom stereocenters. The molecule has 144 valence electrons. The Bertz CT molecular complexity index is 1100. The van der Waals surface area contributed by atoms with Gasteiger partial charge in [-0.15, -0.1) is 0 Å². The molecule has 3 rings (SSSR count). The Kier molecular flexibility index (Phi) is 5.04. The number of aryl methyl sites for hydroxylation is 2. The fraction of sp³-hybridized carbons (Fsp3) is 0.389. The Labute approximate surface area is 155 Å². The van der Waals surface area contributed by atoms with Crippen LogP contribution in [-0.4, -0.2) is 43.6 Å². The molecule has 9 heteroatoms. The molecule has 0 aliphatic heterocycles. The summed E-state index contributed by atoms with van der Waals surface area (Å²) in [6.07, 6.45) is -0.879. The first-order valence-electron chi connectivity index (χ1n) is 8.55. The Morgan fingerprint density at radius 2 is 1.93 bits per heavy atom. The first-order chi connectivity index (χ1) is 12.8. The van der Waals surface area contributed by atoms with Gasteiger partial charge >= 0.3 is 5.69 Å². The van der Waals surface area contributed by atoms with Gasteiger partial charge in [0, 0.05) is 21.1 Å². The second kappa shape index (κ2) is 7.28. The first kappa shape index (κ1) is 18.7. The van der Waals surface area contributed by atoms with Crippen LogP contribution in [0.3, 0.4) is 0 Å². The van der Waals surface area contributed by atoms with Crippen LogP contribution < -0.4 is 21.3 Å². The molecule has 0 saturated heterocycles. The summed E-state index contributed by atoms with van der Waals surface area (Å²) >= 11 is 0. The zero-order chi connectivity index (χ0) is 19.7. The highest BCUT2D eigenvalue weighted by Gasteiger charge is 2.20. The second-order valence-corrected chi connectivity index (χ2v) is 6.40. The molecule has 27 heavy (non-hydrogen) atoms. The van der Waals surface area contributed by atoms with Gasteiger partial charge in [-0.05, 0) is 18.6 Å². The highest BCUT2D eigenvalue weighted by Crippen LogP contribution is 2.18. The minimum Gasteiger partial charge on any atom is -0.491 e. The van der Waals surface area contributed by atoms with E-state index in [-0.39, 0.29) is 24.3 Å². The van der Waals surface area contributed by atoms with Gasteiger partial charge in [0.05, 0.1) is 6.54 Å². The highest BCUT2D eigenvalue weighted by atomic mass is 16.5. The Morgan fingerprint density at radius 3 is 2.59 bits per heavy atom. The van der Waals surface area contributed by atoms with E-state index in [1.807, 2.05) is 31.2 Å². The van der Waals surface area contributed by atoms with Gasteiger partial charge in [0.25, 0.3) is 5.56 Å². The number of rotatable bonds is 6. The Morgan fingerprint density at radius 1 is 1.22 bits per heavy atom.